The summed E-state index contributed by atoms with van der Waals surface area (Å²) in [6, 6.07) is 10.5. The molecule has 0 aliphatic carbocycles. The van der Waals surface area contributed by atoms with Crippen LogP contribution in [0.2, 0.25) is 0 Å². The van der Waals surface area contributed by atoms with Gasteiger partial charge in [-0.2, -0.15) is 22.8 Å². The molecule has 7 nitrogen and oxygen atoms in total. The molecular weight excluding hydrogens is 523 g/mol. The Balaban J connectivity index is 1.70. The van der Waals surface area contributed by atoms with E-state index in [0.717, 1.165) is 35.2 Å². The minimum absolute atomic E-state index is 0.0432. The van der Waals surface area contributed by atoms with Crippen LogP contribution in [0.3, 0.4) is 0 Å². The second-order valence-electron chi connectivity index (χ2n) is 9.15. The molecule has 1 saturated heterocycles. The van der Waals surface area contributed by atoms with E-state index >= 15 is 0 Å². The number of carbonyl (C=O) groups excluding carboxylic acids is 3. The molecule has 200 valence electrons. The van der Waals surface area contributed by atoms with Gasteiger partial charge in [-0.3, -0.25) is 9.59 Å². The molecule has 4 rings (SSSR count). The van der Waals surface area contributed by atoms with Crippen molar-refractivity contribution in [1.82, 2.24) is 4.90 Å². The van der Waals surface area contributed by atoms with Gasteiger partial charge in [-0.25, -0.2) is 14.1 Å². The summed E-state index contributed by atoms with van der Waals surface area (Å²) < 4.78 is 67.6. The van der Waals surface area contributed by atoms with E-state index in [1.165, 1.54) is 19.9 Å². The highest BCUT2D eigenvalue weighted by atomic mass is 19.4. The molecule has 0 spiro atoms. The number of rotatable bonds is 6. The number of amides is 3. The van der Waals surface area contributed by atoms with Gasteiger partial charge in [0.15, 0.2) is 0 Å². The van der Waals surface area contributed by atoms with Gasteiger partial charge in [0.2, 0.25) is 0 Å². The lowest BCUT2D eigenvalue weighted by atomic mass is 10.0. The van der Waals surface area contributed by atoms with E-state index in [0.29, 0.717) is 22.2 Å². The van der Waals surface area contributed by atoms with Crippen LogP contribution in [0.1, 0.15) is 40.9 Å². The molecule has 1 aliphatic heterocycles. The largest absolute Gasteiger partial charge is 0.417 e. The fourth-order valence-corrected chi connectivity index (χ4v) is 4.22. The summed E-state index contributed by atoms with van der Waals surface area (Å²) >= 11 is 0. The molecule has 0 radical (unpaired) electrons. The van der Waals surface area contributed by atoms with Crippen LogP contribution in [-0.2, 0) is 17.5 Å². The van der Waals surface area contributed by atoms with Gasteiger partial charge in [0, 0.05) is 5.69 Å². The molecule has 1 heterocycles. The van der Waals surface area contributed by atoms with Gasteiger partial charge in [-0.05, 0) is 61.9 Å². The molecule has 1 fully saturated rings. The van der Waals surface area contributed by atoms with E-state index in [-0.39, 0.29) is 17.9 Å². The Hall–Kier alpha value is -4.79. The number of hydrogen-bond donors (Lipinski definition) is 1. The van der Waals surface area contributed by atoms with Crippen LogP contribution < -0.4 is 10.2 Å². The third-order valence-corrected chi connectivity index (χ3v) is 6.32. The minimum atomic E-state index is -4.90. The summed E-state index contributed by atoms with van der Waals surface area (Å²) in [5, 5.41) is 11.9. The molecule has 12 heteroatoms. The number of para-hydroxylation sites is 1. The number of nitrogens with one attached hydrogen (secondary N) is 1. The summed E-state index contributed by atoms with van der Waals surface area (Å²) in [7, 11) is 0. The maximum absolute atomic E-state index is 13.6. The number of hydrogen-bond acceptors (Lipinski definition) is 5. The highest BCUT2D eigenvalue weighted by molar-refractivity contribution is 6.23. The zero-order valence-electron chi connectivity index (χ0n) is 20.4. The molecule has 39 heavy (non-hydrogen) atoms. The second kappa shape index (κ2) is 9.83. The van der Waals surface area contributed by atoms with E-state index in [1.807, 2.05) is 0 Å². The van der Waals surface area contributed by atoms with Gasteiger partial charge < -0.3 is 10.2 Å². The fourth-order valence-electron chi connectivity index (χ4n) is 4.22. The van der Waals surface area contributed by atoms with Crippen molar-refractivity contribution in [3.05, 3.63) is 88.7 Å². The highest BCUT2D eigenvalue weighted by Gasteiger charge is 2.52. The fraction of sp³-hybridized carbons (Fsp3) is 0.185. The number of nitriles is 1. The van der Waals surface area contributed by atoms with Gasteiger partial charge in [0.05, 0.1) is 40.7 Å². The first-order valence-electron chi connectivity index (χ1n) is 11.4. The maximum Gasteiger partial charge on any atom is 0.417 e. The van der Waals surface area contributed by atoms with Crippen molar-refractivity contribution in [2.24, 2.45) is 0 Å². The number of benzene rings is 3. The Morgan fingerprint density at radius 3 is 2.36 bits per heavy atom. The first kappa shape index (κ1) is 27.3. The Morgan fingerprint density at radius 2 is 1.72 bits per heavy atom. The number of carbonyl (C=O) groups is 3. The summed E-state index contributed by atoms with van der Waals surface area (Å²) in [6.07, 6.45) is -4.90. The molecule has 0 saturated carbocycles. The summed E-state index contributed by atoms with van der Waals surface area (Å²) in [5.41, 5.74) is -3.67. The van der Waals surface area contributed by atoms with Gasteiger partial charge in [-0.1, -0.05) is 18.2 Å². The minimum Gasteiger partial charge on any atom is -0.355 e. The Morgan fingerprint density at radius 1 is 1.03 bits per heavy atom. The normalized spacial score (nSPS) is 14.9. The van der Waals surface area contributed by atoms with Crippen molar-refractivity contribution >= 4 is 35.0 Å². The van der Waals surface area contributed by atoms with E-state index in [2.05, 4.69) is 5.32 Å². The molecule has 1 N–H and O–H groups in total. The zero-order valence-corrected chi connectivity index (χ0v) is 20.4. The number of halogens is 5. The summed E-state index contributed by atoms with van der Waals surface area (Å²) in [4.78, 5) is 39.8. The van der Waals surface area contributed by atoms with Crippen LogP contribution in [0, 0.1) is 17.1 Å². The van der Waals surface area contributed by atoms with Crippen molar-refractivity contribution in [2.45, 2.75) is 32.1 Å². The topological polar surface area (TPSA) is 93.5 Å². The van der Waals surface area contributed by atoms with Crippen LogP contribution in [0.5, 0.6) is 0 Å². The zero-order chi connectivity index (χ0) is 28.7. The smallest absolute Gasteiger partial charge is 0.355 e. The molecule has 3 aromatic carbocycles. The van der Waals surface area contributed by atoms with Crippen LogP contribution in [0.25, 0.3) is 0 Å². The predicted octanol–water partition coefficient (Wildman–Crippen LogP) is 6.32. The van der Waals surface area contributed by atoms with Crippen LogP contribution in [0.4, 0.5) is 43.8 Å². The summed E-state index contributed by atoms with van der Waals surface area (Å²) in [6.45, 7) is 2.65. The molecule has 1 aliphatic rings. The standard InChI is InChI=1S/C27H19F5N4O3/c1-26(2)24(38)36(18-9-7-15(13-33)20(12-18)27(30,31)32)25(39)35(26)14-16-5-3-4-6-21(16)34-22-10-8-17(28)11-19(22)23(29)37/h3-12,34H,14H2,1-2H3. The Bertz CT molecular complexity index is 1550. The van der Waals surface area contributed by atoms with Crippen molar-refractivity contribution in [3.63, 3.8) is 0 Å². The van der Waals surface area contributed by atoms with E-state index in [1.54, 1.807) is 24.3 Å². The SMILES string of the molecule is CC1(C)C(=O)N(c2ccc(C#N)c(C(F)(F)F)c2)C(=O)N1Cc1ccccc1Nc1ccc(F)cc1C(=O)F. The first-order valence-corrected chi connectivity index (χ1v) is 11.4. The van der Waals surface area contributed by atoms with Crippen LogP contribution in [-0.4, -0.2) is 28.4 Å². The number of anilines is 3. The highest BCUT2D eigenvalue weighted by Crippen LogP contribution is 2.39. The third-order valence-electron chi connectivity index (χ3n) is 6.32. The van der Waals surface area contributed by atoms with Crippen molar-refractivity contribution in [2.75, 3.05) is 10.2 Å². The third kappa shape index (κ3) is 5.03. The average Bonchev–Trinajstić information content (AvgIpc) is 3.04. The Kier molecular flexibility index (Phi) is 6.87. The van der Waals surface area contributed by atoms with E-state index in [4.69, 9.17) is 5.26 Å². The molecule has 0 unspecified atom stereocenters. The van der Waals surface area contributed by atoms with Crippen LogP contribution >= 0.6 is 0 Å². The van der Waals surface area contributed by atoms with E-state index in [9.17, 15) is 36.3 Å². The molecular formula is C27H19F5N4O3. The maximum atomic E-state index is 13.6. The number of imide groups is 1. The predicted molar refractivity (Wildman–Crippen MR) is 130 cm³/mol. The quantitative estimate of drug-likeness (QED) is 0.224. The second-order valence-corrected chi connectivity index (χ2v) is 9.15. The molecule has 3 amide bonds. The average molecular weight is 542 g/mol. The summed E-state index contributed by atoms with van der Waals surface area (Å²) in [5.74, 6) is -1.62. The number of nitrogens with zero attached hydrogens (tertiary/aromatic N) is 3. The first-order chi connectivity index (χ1) is 18.3. The van der Waals surface area contributed by atoms with Gasteiger partial charge in [-0.15, -0.1) is 0 Å². The molecule has 0 bridgehead atoms. The number of alkyl halides is 3. The molecule has 0 atom stereocenters. The monoisotopic (exact) mass is 542 g/mol. The Labute approximate surface area is 219 Å². The van der Waals surface area contributed by atoms with Crippen LogP contribution in [0.15, 0.2) is 60.7 Å². The van der Waals surface area contributed by atoms with Gasteiger partial charge in [0.1, 0.15) is 11.4 Å². The molecule has 3 aromatic rings. The number of urea groups is 1. The van der Waals surface area contributed by atoms with Crippen molar-refractivity contribution in [3.8, 4) is 6.07 Å². The van der Waals surface area contributed by atoms with Gasteiger partial charge in [0.25, 0.3) is 5.91 Å². The van der Waals surface area contributed by atoms with E-state index < -0.39 is 52.2 Å². The molecule has 0 aromatic heterocycles. The van der Waals surface area contributed by atoms with Gasteiger partial charge >= 0.3 is 18.2 Å². The lowest BCUT2D eigenvalue weighted by molar-refractivity contribution is -0.137. The van der Waals surface area contributed by atoms with Crippen molar-refractivity contribution < 1.29 is 36.3 Å². The van der Waals surface area contributed by atoms with Crippen molar-refractivity contribution in [1.29, 1.82) is 5.26 Å². The lowest BCUT2D eigenvalue weighted by Crippen LogP contribution is -2.43. The lowest BCUT2D eigenvalue weighted by Gasteiger charge is -2.28.